The summed E-state index contributed by atoms with van der Waals surface area (Å²) in [4.78, 5) is 12.2. The van der Waals surface area contributed by atoms with Crippen LogP contribution in [0.1, 0.15) is 13.8 Å². The van der Waals surface area contributed by atoms with E-state index in [0.717, 1.165) is 4.31 Å². The first-order valence-electron chi connectivity index (χ1n) is 8.13. The van der Waals surface area contributed by atoms with E-state index in [2.05, 4.69) is 11.8 Å². The quantitative estimate of drug-likeness (QED) is 0.364. The standard InChI is InChI=1S/C17H22N2O6S2/c1-17(2)15(16(21)18-22)19(9-12-26-17)27(23,24)14-7-5-13(6-8-14)25-11-4-3-10-20/h5-8,15,20,22H,9-12H2,1-2H3,(H,18,21)/t15-/m1/s1. The molecule has 1 aromatic carbocycles. The van der Waals surface area contributed by atoms with Crippen LogP contribution < -0.4 is 10.2 Å². The third-order valence-corrected chi connectivity index (χ3v) is 7.27. The van der Waals surface area contributed by atoms with E-state index in [9.17, 15) is 13.2 Å². The maximum Gasteiger partial charge on any atom is 0.263 e. The highest BCUT2D eigenvalue weighted by molar-refractivity contribution is 8.00. The average molecular weight is 415 g/mol. The van der Waals surface area contributed by atoms with E-state index < -0.39 is 26.7 Å². The number of amides is 1. The number of sulfonamides is 1. The predicted octanol–water partition coefficient (Wildman–Crippen LogP) is 0.451. The Balaban J connectivity index is 2.26. The van der Waals surface area contributed by atoms with Crippen LogP contribution in [0, 0.1) is 11.8 Å². The molecule has 0 radical (unpaired) electrons. The van der Waals surface area contributed by atoms with Crippen molar-refractivity contribution in [3.63, 3.8) is 0 Å². The topological polar surface area (TPSA) is 116 Å². The van der Waals surface area contributed by atoms with Crippen LogP contribution in [-0.2, 0) is 14.8 Å². The zero-order valence-corrected chi connectivity index (χ0v) is 16.6. The lowest BCUT2D eigenvalue weighted by Gasteiger charge is -2.43. The molecule has 27 heavy (non-hydrogen) atoms. The van der Waals surface area contributed by atoms with Crippen molar-refractivity contribution in [2.45, 2.75) is 29.5 Å². The van der Waals surface area contributed by atoms with Crippen LogP contribution in [0.15, 0.2) is 29.2 Å². The van der Waals surface area contributed by atoms with Crippen LogP contribution in [-0.4, -0.2) is 65.2 Å². The number of rotatable bonds is 5. The monoisotopic (exact) mass is 414 g/mol. The fourth-order valence-electron chi connectivity index (χ4n) is 2.79. The maximum absolute atomic E-state index is 13.1. The lowest BCUT2D eigenvalue weighted by Crippen LogP contribution is -2.61. The summed E-state index contributed by atoms with van der Waals surface area (Å²) < 4.78 is 31.9. The van der Waals surface area contributed by atoms with Crippen LogP contribution in [0.3, 0.4) is 0 Å². The molecule has 0 bridgehead atoms. The Morgan fingerprint density at radius 1 is 1.37 bits per heavy atom. The number of carbonyl (C=O) groups excluding carboxylic acids is 1. The van der Waals surface area contributed by atoms with Gasteiger partial charge in [0.15, 0.2) is 0 Å². The molecular formula is C17H22N2O6S2. The number of benzene rings is 1. The summed E-state index contributed by atoms with van der Waals surface area (Å²) in [6.07, 6.45) is 0. The number of aliphatic hydroxyl groups excluding tert-OH is 1. The molecule has 148 valence electrons. The summed E-state index contributed by atoms with van der Waals surface area (Å²) >= 11 is 1.47. The van der Waals surface area contributed by atoms with Crippen molar-refractivity contribution in [1.82, 2.24) is 9.79 Å². The lowest BCUT2D eigenvalue weighted by atomic mass is 10.0. The molecular weight excluding hydrogens is 392 g/mol. The van der Waals surface area contributed by atoms with E-state index in [1.165, 1.54) is 36.0 Å². The first-order chi connectivity index (χ1) is 12.7. The third-order valence-electron chi connectivity index (χ3n) is 4.04. The molecule has 1 heterocycles. The highest BCUT2D eigenvalue weighted by Gasteiger charge is 2.48. The van der Waals surface area contributed by atoms with Gasteiger partial charge in [0.1, 0.15) is 25.0 Å². The number of ether oxygens (including phenoxy) is 1. The fraction of sp³-hybridized carbons (Fsp3) is 0.471. The van der Waals surface area contributed by atoms with E-state index in [1.807, 2.05) is 0 Å². The number of carbonyl (C=O) groups is 1. The lowest BCUT2D eigenvalue weighted by molar-refractivity contribution is -0.134. The molecule has 2 rings (SSSR count). The van der Waals surface area contributed by atoms with Gasteiger partial charge in [-0.1, -0.05) is 11.8 Å². The highest BCUT2D eigenvalue weighted by Crippen LogP contribution is 2.38. The van der Waals surface area contributed by atoms with Gasteiger partial charge in [-0.2, -0.15) is 16.1 Å². The van der Waals surface area contributed by atoms with Crippen molar-refractivity contribution < 1.29 is 28.3 Å². The summed E-state index contributed by atoms with van der Waals surface area (Å²) in [5.74, 6) is 5.24. The molecule has 1 atom stereocenters. The minimum atomic E-state index is -3.95. The van der Waals surface area contributed by atoms with Crippen molar-refractivity contribution in [2.75, 3.05) is 25.5 Å². The Hall–Kier alpha value is -1.77. The number of aliphatic hydroxyl groups is 1. The molecule has 10 heteroatoms. The second-order valence-electron chi connectivity index (χ2n) is 6.22. The smallest absolute Gasteiger partial charge is 0.263 e. The SMILES string of the molecule is CC1(C)SCCN(S(=O)(=O)c2ccc(OCC#CCO)cc2)[C@@H]1C(=O)NO. The number of hydrogen-bond acceptors (Lipinski definition) is 7. The van der Waals surface area contributed by atoms with Gasteiger partial charge in [0.05, 0.1) is 4.90 Å². The van der Waals surface area contributed by atoms with Gasteiger partial charge >= 0.3 is 0 Å². The summed E-state index contributed by atoms with van der Waals surface area (Å²) in [6.45, 7) is 3.51. The van der Waals surface area contributed by atoms with Crippen LogP contribution in [0.4, 0.5) is 0 Å². The van der Waals surface area contributed by atoms with Crippen molar-refractivity contribution in [1.29, 1.82) is 0 Å². The Kier molecular flexibility index (Phi) is 7.13. The number of nitrogens with zero attached hydrogens (tertiary/aromatic N) is 1. The van der Waals surface area contributed by atoms with E-state index >= 15 is 0 Å². The van der Waals surface area contributed by atoms with Gasteiger partial charge in [-0.15, -0.1) is 0 Å². The minimum Gasteiger partial charge on any atom is -0.481 e. The fourth-order valence-corrected chi connectivity index (χ4v) is 5.90. The maximum atomic E-state index is 13.1. The molecule has 0 spiro atoms. The van der Waals surface area contributed by atoms with Gasteiger partial charge in [0, 0.05) is 17.0 Å². The Morgan fingerprint density at radius 3 is 2.63 bits per heavy atom. The largest absolute Gasteiger partial charge is 0.481 e. The Morgan fingerprint density at radius 2 is 2.04 bits per heavy atom. The van der Waals surface area contributed by atoms with Crippen molar-refractivity contribution in [2.24, 2.45) is 0 Å². The molecule has 1 amide bonds. The number of hydroxylamine groups is 1. The van der Waals surface area contributed by atoms with Crippen molar-refractivity contribution in [3.05, 3.63) is 24.3 Å². The average Bonchev–Trinajstić information content (AvgIpc) is 2.64. The number of thioether (sulfide) groups is 1. The molecule has 0 aliphatic carbocycles. The molecule has 1 saturated heterocycles. The predicted molar refractivity (Wildman–Crippen MR) is 101 cm³/mol. The van der Waals surface area contributed by atoms with E-state index in [0.29, 0.717) is 11.5 Å². The van der Waals surface area contributed by atoms with E-state index in [4.69, 9.17) is 15.1 Å². The molecule has 1 aromatic rings. The molecule has 0 aromatic heterocycles. The molecule has 1 aliphatic heterocycles. The second kappa shape index (κ2) is 8.95. The van der Waals surface area contributed by atoms with E-state index in [-0.39, 0.29) is 24.7 Å². The number of hydrogen-bond donors (Lipinski definition) is 3. The van der Waals surface area contributed by atoms with E-state index in [1.54, 1.807) is 19.3 Å². The van der Waals surface area contributed by atoms with Crippen molar-refractivity contribution in [3.8, 4) is 17.6 Å². The third kappa shape index (κ3) is 4.94. The normalized spacial score (nSPS) is 19.6. The first kappa shape index (κ1) is 21.5. The Labute approximate surface area is 162 Å². The van der Waals surface area contributed by atoms with Gasteiger partial charge in [0.2, 0.25) is 10.0 Å². The molecule has 3 N–H and O–H groups in total. The van der Waals surface area contributed by atoms with Crippen LogP contribution >= 0.6 is 11.8 Å². The van der Waals surface area contributed by atoms with Crippen LogP contribution in [0.25, 0.3) is 0 Å². The van der Waals surface area contributed by atoms with Gasteiger partial charge in [-0.05, 0) is 38.1 Å². The van der Waals surface area contributed by atoms with Crippen molar-refractivity contribution >= 4 is 27.7 Å². The summed E-state index contributed by atoms with van der Waals surface area (Å²) in [5.41, 5.74) is 1.58. The second-order valence-corrected chi connectivity index (χ2v) is 9.86. The summed E-state index contributed by atoms with van der Waals surface area (Å²) in [5, 5.41) is 17.6. The molecule has 0 saturated carbocycles. The van der Waals surface area contributed by atoms with Gasteiger partial charge < -0.3 is 9.84 Å². The zero-order chi connectivity index (χ0) is 20.1. The Bertz CT molecular complexity index is 827. The molecule has 0 unspecified atom stereocenters. The van der Waals surface area contributed by atoms with Gasteiger partial charge in [0.25, 0.3) is 5.91 Å². The summed E-state index contributed by atoms with van der Waals surface area (Å²) in [6, 6.07) is 4.74. The van der Waals surface area contributed by atoms with Crippen LogP contribution in [0.2, 0.25) is 0 Å². The molecule has 1 aliphatic rings. The van der Waals surface area contributed by atoms with Crippen LogP contribution in [0.5, 0.6) is 5.75 Å². The molecule has 1 fully saturated rings. The summed E-state index contributed by atoms with van der Waals surface area (Å²) in [7, 11) is -3.95. The zero-order valence-electron chi connectivity index (χ0n) is 15.0. The number of nitrogens with one attached hydrogen (secondary N) is 1. The molecule has 8 nitrogen and oxygen atoms in total. The van der Waals surface area contributed by atoms with Gasteiger partial charge in [-0.3, -0.25) is 10.0 Å². The minimum absolute atomic E-state index is 0.0229. The highest BCUT2D eigenvalue weighted by atomic mass is 32.2. The van der Waals surface area contributed by atoms with Gasteiger partial charge in [-0.25, -0.2) is 13.9 Å². The first-order valence-corrected chi connectivity index (χ1v) is 10.6.